The average Bonchev–Trinajstić information content (AvgIpc) is 3.17. The first-order chi connectivity index (χ1) is 12.1. The molecule has 0 saturated heterocycles. The van der Waals surface area contributed by atoms with Gasteiger partial charge in [-0.3, -0.25) is 9.48 Å². The first kappa shape index (κ1) is 15.3. The average molecular weight is 341 g/mol. The number of nitrogens with one attached hydrogen (secondary N) is 2. The highest BCUT2D eigenvalue weighted by atomic mass is 19.3. The Morgan fingerprint density at radius 1 is 1.20 bits per heavy atom. The molecule has 0 radical (unpaired) electrons. The predicted octanol–water partition coefficient (Wildman–Crippen LogP) is 3.49. The lowest BCUT2D eigenvalue weighted by molar-refractivity contribution is -0.116. The van der Waals surface area contributed by atoms with Gasteiger partial charge in [0.05, 0.1) is 16.6 Å². The fourth-order valence-electron chi connectivity index (χ4n) is 2.65. The first-order valence-corrected chi connectivity index (χ1v) is 7.58. The monoisotopic (exact) mass is 341 g/mol. The third kappa shape index (κ3) is 3.06. The number of H-pyrrole nitrogens is 1. The molecule has 8 heteroatoms. The summed E-state index contributed by atoms with van der Waals surface area (Å²) in [5, 5.41) is 8.01. The van der Waals surface area contributed by atoms with Crippen molar-refractivity contribution in [1.29, 1.82) is 0 Å². The van der Waals surface area contributed by atoms with Gasteiger partial charge in [-0.25, -0.2) is 13.8 Å². The Hall–Kier alpha value is -3.29. The number of carbonyl (C=O) groups is 1. The zero-order valence-corrected chi connectivity index (χ0v) is 12.9. The largest absolute Gasteiger partial charge is 0.337 e. The molecule has 2 heterocycles. The van der Waals surface area contributed by atoms with Crippen molar-refractivity contribution < 1.29 is 13.6 Å². The van der Waals surface area contributed by atoms with E-state index in [1.165, 1.54) is 0 Å². The van der Waals surface area contributed by atoms with E-state index in [1.54, 1.807) is 29.1 Å². The molecule has 2 aromatic heterocycles. The normalized spacial score (nSPS) is 11.5. The molecule has 4 aromatic rings. The molecule has 0 aliphatic heterocycles. The molecule has 2 N–H and O–H groups in total. The highest BCUT2D eigenvalue weighted by Crippen LogP contribution is 2.22. The zero-order chi connectivity index (χ0) is 17.4. The second kappa shape index (κ2) is 5.97. The number of carbonyl (C=O) groups excluding carboxylic acids is 1. The molecule has 2 aromatic carbocycles. The molecule has 1 amide bonds. The zero-order valence-electron chi connectivity index (χ0n) is 12.9. The second-order valence-electron chi connectivity index (χ2n) is 5.59. The quantitative estimate of drug-likeness (QED) is 0.597. The van der Waals surface area contributed by atoms with Crippen LogP contribution >= 0.6 is 0 Å². The number of alkyl halides is 2. The van der Waals surface area contributed by atoms with Gasteiger partial charge in [0.15, 0.2) is 5.82 Å². The fraction of sp³-hybridized carbons (Fsp3) is 0.118. The van der Waals surface area contributed by atoms with Crippen LogP contribution in [0.2, 0.25) is 0 Å². The Kier molecular flexibility index (Phi) is 3.64. The molecule has 0 saturated carbocycles. The van der Waals surface area contributed by atoms with Gasteiger partial charge in [0, 0.05) is 17.3 Å². The smallest absolute Gasteiger partial charge is 0.295 e. The molecule has 0 unspecified atom stereocenters. The third-order valence-electron chi connectivity index (χ3n) is 3.76. The number of aromatic amines is 1. The minimum Gasteiger partial charge on any atom is -0.337 e. The Balaban J connectivity index is 1.50. The van der Waals surface area contributed by atoms with Gasteiger partial charge in [-0.15, -0.1) is 0 Å². The van der Waals surface area contributed by atoms with E-state index < -0.39 is 6.43 Å². The van der Waals surface area contributed by atoms with Crippen molar-refractivity contribution in [2.75, 3.05) is 5.32 Å². The van der Waals surface area contributed by atoms with Crippen molar-refractivity contribution in [1.82, 2.24) is 19.7 Å². The summed E-state index contributed by atoms with van der Waals surface area (Å²) in [5.41, 5.74) is 2.18. The Bertz CT molecular complexity index is 1040. The van der Waals surface area contributed by atoms with Crippen molar-refractivity contribution in [3.05, 3.63) is 54.5 Å². The lowest BCUT2D eigenvalue weighted by atomic mass is 10.2. The van der Waals surface area contributed by atoms with Gasteiger partial charge < -0.3 is 10.3 Å². The van der Waals surface area contributed by atoms with Crippen LogP contribution in [0.25, 0.3) is 21.9 Å². The number of amides is 1. The van der Waals surface area contributed by atoms with Crippen LogP contribution in [-0.2, 0) is 11.3 Å². The maximum atomic E-state index is 12.7. The predicted molar refractivity (Wildman–Crippen MR) is 89.4 cm³/mol. The molecular formula is C17H13F2N5O. The summed E-state index contributed by atoms with van der Waals surface area (Å²) >= 11 is 0. The van der Waals surface area contributed by atoms with Gasteiger partial charge in [0.1, 0.15) is 6.54 Å². The first-order valence-electron chi connectivity index (χ1n) is 7.58. The highest BCUT2D eigenvalue weighted by Gasteiger charge is 2.13. The minimum absolute atomic E-state index is 0.0535. The fourth-order valence-corrected chi connectivity index (χ4v) is 2.65. The van der Waals surface area contributed by atoms with Crippen LogP contribution in [-0.4, -0.2) is 25.7 Å². The molecule has 0 bridgehead atoms. The Labute approximate surface area is 140 Å². The van der Waals surface area contributed by atoms with Gasteiger partial charge >= 0.3 is 0 Å². The summed E-state index contributed by atoms with van der Waals surface area (Å²) < 4.78 is 26.9. The summed E-state index contributed by atoms with van der Waals surface area (Å²) in [6.45, 7) is 0.0535. The summed E-state index contributed by atoms with van der Waals surface area (Å²) in [5.74, 6) is -0.650. The molecule has 4 rings (SSSR count). The lowest BCUT2D eigenvalue weighted by Gasteiger charge is -2.05. The number of aromatic nitrogens is 4. The van der Waals surface area contributed by atoms with Crippen molar-refractivity contribution in [3.8, 4) is 0 Å². The number of hydrogen-bond acceptors (Lipinski definition) is 3. The number of fused-ring (bicyclic) bond motifs is 2. The molecule has 0 spiro atoms. The Morgan fingerprint density at radius 3 is 2.84 bits per heavy atom. The molecule has 0 aliphatic carbocycles. The third-order valence-corrected chi connectivity index (χ3v) is 3.76. The van der Waals surface area contributed by atoms with E-state index in [0.29, 0.717) is 16.7 Å². The summed E-state index contributed by atoms with van der Waals surface area (Å²) in [4.78, 5) is 18.5. The number of rotatable bonds is 4. The lowest BCUT2D eigenvalue weighted by Crippen LogP contribution is -2.18. The van der Waals surface area contributed by atoms with Gasteiger partial charge in [-0.05, 0) is 24.3 Å². The number of imidazole rings is 1. The van der Waals surface area contributed by atoms with E-state index in [9.17, 15) is 13.6 Å². The maximum absolute atomic E-state index is 12.7. The molecule has 25 heavy (non-hydrogen) atoms. The molecule has 0 aliphatic rings. The Morgan fingerprint density at radius 2 is 2.04 bits per heavy atom. The van der Waals surface area contributed by atoms with Crippen molar-refractivity contribution in [3.63, 3.8) is 0 Å². The summed E-state index contributed by atoms with van der Waals surface area (Å²) in [6, 6.07) is 12.4. The van der Waals surface area contributed by atoms with E-state index in [4.69, 9.17) is 0 Å². The number of anilines is 1. The van der Waals surface area contributed by atoms with Crippen molar-refractivity contribution in [2.24, 2.45) is 0 Å². The number of nitrogens with zero attached hydrogens (tertiary/aromatic N) is 3. The minimum atomic E-state index is -2.67. The van der Waals surface area contributed by atoms with Crippen LogP contribution < -0.4 is 5.32 Å². The van der Waals surface area contributed by atoms with Crippen molar-refractivity contribution >= 4 is 33.5 Å². The second-order valence-corrected chi connectivity index (χ2v) is 5.59. The topological polar surface area (TPSA) is 75.6 Å². The van der Waals surface area contributed by atoms with Gasteiger partial charge in [0.2, 0.25) is 5.91 Å². The van der Waals surface area contributed by atoms with E-state index in [-0.39, 0.29) is 18.3 Å². The van der Waals surface area contributed by atoms with Crippen LogP contribution in [0, 0.1) is 0 Å². The number of halogens is 2. The molecule has 6 nitrogen and oxygen atoms in total. The van der Waals surface area contributed by atoms with Crippen LogP contribution in [0.4, 0.5) is 14.5 Å². The highest BCUT2D eigenvalue weighted by molar-refractivity contribution is 5.93. The standard InChI is InChI=1S/C17H13F2N5O/c18-16(19)17-21-13-6-5-11(7-14(13)22-17)20-15(25)9-24-8-10-3-1-2-4-12(10)23-24/h1-8,16H,9H2,(H,20,25)(H,21,22). The van der Waals surface area contributed by atoms with Gasteiger partial charge in [0.25, 0.3) is 6.43 Å². The number of hydrogen-bond donors (Lipinski definition) is 2. The molecular weight excluding hydrogens is 328 g/mol. The SMILES string of the molecule is O=C(Cn1cc2ccccc2n1)Nc1ccc2nc(C(F)F)[nH]c2c1. The summed E-state index contributed by atoms with van der Waals surface area (Å²) in [6.07, 6.45) is -0.874. The van der Waals surface area contributed by atoms with Crippen LogP contribution in [0.5, 0.6) is 0 Å². The number of benzene rings is 2. The van der Waals surface area contributed by atoms with Gasteiger partial charge in [-0.1, -0.05) is 18.2 Å². The van der Waals surface area contributed by atoms with E-state index in [0.717, 1.165) is 10.9 Å². The van der Waals surface area contributed by atoms with E-state index >= 15 is 0 Å². The molecule has 0 fully saturated rings. The van der Waals surface area contributed by atoms with E-state index in [2.05, 4.69) is 20.4 Å². The summed E-state index contributed by atoms with van der Waals surface area (Å²) in [7, 11) is 0. The molecule has 0 atom stereocenters. The van der Waals surface area contributed by atoms with Crippen LogP contribution in [0.1, 0.15) is 12.2 Å². The maximum Gasteiger partial charge on any atom is 0.295 e. The van der Waals surface area contributed by atoms with Crippen molar-refractivity contribution in [2.45, 2.75) is 13.0 Å². The van der Waals surface area contributed by atoms with E-state index in [1.807, 2.05) is 24.3 Å². The molecule has 126 valence electrons. The van der Waals surface area contributed by atoms with Crippen LogP contribution in [0.3, 0.4) is 0 Å². The van der Waals surface area contributed by atoms with Crippen LogP contribution in [0.15, 0.2) is 48.7 Å². The van der Waals surface area contributed by atoms with Gasteiger partial charge in [-0.2, -0.15) is 5.10 Å².